The number of benzene rings is 1. The molecule has 3 nitrogen and oxygen atoms in total. The van der Waals surface area contributed by atoms with E-state index in [2.05, 4.69) is 27.3 Å². The SMILES string of the molecule is Cc1sc(NC(=O)c2cc(Cl)cc(Br)c2)c(C#N)c1C. The van der Waals surface area contributed by atoms with Gasteiger partial charge in [-0.15, -0.1) is 11.3 Å². The van der Waals surface area contributed by atoms with Gasteiger partial charge in [0.05, 0.1) is 5.56 Å². The number of rotatable bonds is 2. The molecule has 0 aliphatic heterocycles. The fraction of sp³-hybridized carbons (Fsp3) is 0.143. The van der Waals surface area contributed by atoms with Crippen LogP contribution in [0.25, 0.3) is 0 Å². The number of thiophene rings is 1. The first-order valence-corrected chi connectivity index (χ1v) is 7.68. The molecule has 0 atom stereocenters. The van der Waals surface area contributed by atoms with Gasteiger partial charge in [-0.3, -0.25) is 4.79 Å². The van der Waals surface area contributed by atoms with Gasteiger partial charge in [0.1, 0.15) is 11.1 Å². The standard InChI is InChI=1S/C14H10BrClN2OS/c1-7-8(2)20-14(12(7)6-17)18-13(19)9-3-10(15)5-11(16)4-9/h3-5H,1-2H3,(H,18,19). The summed E-state index contributed by atoms with van der Waals surface area (Å²) < 4.78 is 0.731. The Balaban J connectivity index is 2.33. The molecule has 6 heteroatoms. The maximum atomic E-state index is 12.2. The van der Waals surface area contributed by atoms with Crippen LogP contribution in [0, 0.1) is 25.2 Å². The molecule has 0 unspecified atom stereocenters. The molecule has 20 heavy (non-hydrogen) atoms. The highest BCUT2D eigenvalue weighted by molar-refractivity contribution is 9.10. The summed E-state index contributed by atoms with van der Waals surface area (Å²) in [5.74, 6) is -0.286. The van der Waals surface area contributed by atoms with Crippen LogP contribution in [-0.4, -0.2) is 5.91 Å². The number of carbonyl (C=O) groups is 1. The largest absolute Gasteiger partial charge is 0.312 e. The van der Waals surface area contributed by atoms with E-state index in [4.69, 9.17) is 16.9 Å². The molecule has 1 aromatic carbocycles. The van der Waals surface area contributed by atoms with Crippen LogP contribution in [0.5, 0.6) is 0 Å². The molecule has 1 aromatic heterocycles. The van der Waals surface area contributed by atoms with Crippen LogP contribution in [0.4, 0.5) is 5.00 Å². The van der Waals surface area contributed by atoms with E-state index in [0.717, 1.165) is 14.9 Å². The van der Waals surface area contributed by atoms with Crippen LogP contribution < -0.4 is 5.32 Å². The van der Waals surface area contributed by atoms with Crippen molar-refractivity contribution in [3.63, 3.8) is 0 Å². The van der Waals surface area contributed by atoms with Gasteiger partial charge >= 0.3 is 0 Å². The lowest BCUT2D eigenvalue weighted by Crippen LogP contribution is -2.11. The maximum absolute atomic E-state index is 12.2. The van der Waals surface area contributed by atoms with Crippen LogP contribution in [-0.2, 0) is 0 Å². The summed E-state index contributed by atoms with van der Waals surface area (Å²) in [6.45, 7) is 3.79. The van der Waals surface area contributed by atoms with E-state index >= 15 is 0 Å². The van der Waals surface area contributed by atoms with Crippen LogP contribution >= 0.6 is 38.9 Å². The van der Waals surface area contributed by atoms with Crippen LogP contribution in [0.3, 0.4) is 0 Å². The lowest BCUT2D eigenvalue weighted by atomic mass is 10.1. The lowest BCUT2D eigenvalue weighted by molar-refractivity contribution is 0.102. The van der Waals surface area contributed by atoms with Gasteiger partial charge in [0.15, 0.2) is 0 Å². The predicted octanol–water partition coefficient (Wildman–Crippen LogP) is 4.90. The van der Waals surface area contributed by atoms with Crippen LogP contribution in [0.2, 0.25) is 5.02 Å². The molecule has 102 valence electrons. The van der Waals surface area contributed by atoms with Gasteiger partial charge in [0.25, 0.3) is 5.91 Å². The van der Waals surface area contributed by atoms with Gasteiger partial charge < -0.3 is 5.32 Å². The number of nitriles is 1. The van der Waals surface area contributed by atoms with Crippen molar-refractivity contribution in [1.82, 2.24) is 0 Å². The first-order chi connectivity index (χ1) is 9.42. The Labute approximate surface area is 134 Å². The topological polar surface area (TPSA) is 52.9 Å². The van der Waals surface area contributed by atoms with Gasteiger partial charge in [-0.1, -0.05) is 27.5 Å². The molecule has 1 amide bonds. The van der Waals surface area contributed by atoms with E-state index < -0.39 is 0 Å². The van der Waals surface area contributed by atoms with E-state index in [9.17, 15) is 4.79 Å². The highest BCUT2D eigenvalue weighted by Gasteiger charge is 2.16. The third-order valence-electron chi connectivity index (χ3n) is 2.85. The summed E-state index contributed by atoms with van der Waals surface area (Å²) in [6, 6.07) is 7.10. The molecular formula is C14H10BrClN2OS. The minimum atomic E-state index is -0.286. The highest BCUT2D eigenvalue weighted by atomic mass is 79.9. The van der Waals surface area contributed by atoms with Crippen molar-refractivity contribution < 1.29 is 4.79 Å². The maximum Gasteiger partial charge on any atom is 0.256 e. The number of nitrogens with zero attached hydrogens (tertiary/aromatic N) is 1. The number of amides is 1. The van der Waals surface area contributed by atoms with E-state index in [1.54, 1.807) is 18.2 Å². The zero-order valence-electron chi connectivity index (χ0n) is 10.8. The second-order valence-corrected chi connectivity index (χ2v) is 6.79. The second kappa shape index (κ2) is 5.96. The van der Waals surface area contributed by atoms with E-state index in [-0.39, 0.29) is 5.91 Å². The quantitative estimate of drug-likeness (QED) is 0.818. The Morgan fingerprint density at radius 3 is 2.70 bits per heavy atom. The van der Waals surface area contributed by atoms with Crippen molar-refractivity contribution in [3.05, 3.63) is 49.3 Å². The van der Waals surface area contributed by atoms with Crippen molar-refractivity contribution in [2.75, 3.05) is 5.32 Å². The first-order valence-electron chi connectivity index (χ1n) is 5.70. The van der Waals surface area contributed by atoms with E-state index in [1.165, 1.54) is 11.3 Å². The molecule has 0 bridgehead atoms. The Morgan fingerprint density at radius 2 is 2.10 bits per heavy atom. The summed E-state index contributed by atoms with van der Waals surface area (Å²) >= 11 is 10.6. The third-order valence-corrected chi connectivity index (χ3v) is 4.65. The summed E-state index contributed by atoms with van der Waals surface area (Å²) in [5.41, 5.74) is 1.86. The fourth-order valence-corrected chi connectivity index (χ4v) is 3.58. The Bertz CT molecular complexity index is 713. The lowest BCUT2D eigenvalue weighted by Gasteiger charge is -2.05. The third kappa shape index (κ3) is 3.04. The molecule has 0 saturated carbocycles. The minimum absolute atomic E-state index is 0.286. The highest BCUT2D eigenvalue weighted by Crippen LogP contribution is 2.32. The molecule has 0 aliphatic rings. The second-order valence-electron chi connectivity index (χ2n) is 4.21. The number of anilines is 1. The number of nitrogens with one attached hydrogen (secondary N) is 1. The average Bonchev–Trinajstić information content (AvgIpc) is 2.63. The van der Waals surface area contributed by atoms with Crippen molar-refractivity contribution in [2.24, 2.45) is 0 Å². The van der Waals surface area contributed by atoms with Crippen molar-refractivity contribution in [3.8, 4) is 6.07 Å². The average molecular weight is 370 g/mol. The van der Waals surface area contributed by atoms with Crippen molar-refractivity contribution in [2.45, 2.75) is 13.8 Å². The summed E-state index contributed by atoms with van der Waals surface area (Å²) in [7, 11) is 0. The summed E-state index contributed by atoms with van der Waals surface area (Å²) in [5, 5.41) is 13.0. The molecule has 0 radical (unpaired) electrons. The molecule has 2 aromatic rings. The number of carbonyl (C=O) groups excluding carboxylic acids is 1. The van der Waals surface area contributed by atoms with E-state index in [0.29, 0.717) is 21.2 Å². The number of hydrogen-bond donors (Lipinski definition) is 1. The van der Waals surface area contributed by atoms with Crippen molar-refractivity contribution >= 4 is 49.8 Å². The number of aryl methyl sites for hydroxylation is 1. The van der Waals surface area contributed by atoms with Gasteiger partial charge in [0, 0.05) is 19.9 Å². The van der Waals surface area contributed by atoms with Crippen molar-refractivity contribution in [1.29, 1.82) is 5.26 Å². The monoisotopic (exact) mass is 368 g/mol. The van der Waals surface area contributed by atoms with Crippen LogP contribution in [0.15, 0.2) is 22.7 Å². The normalized spacial score (nSPS) is 10.2. The number of halogens is 2. The predicted molar refractivity (Wildman–Crippen MR) is 85.6 cm³/mol. The Morgan fingerprint density at radius 1 is 1.40 bits per heavy atom. The van der Waals surface area contributed by atoms with Gasteiger partial charge in [-0.2, -0.15) is 5.26 Å². The zero-order chi connectivity index (χ0) is 14.9. The Hall–Kier alpha value is -1.35. The first kappa shape index (κ1) is 15.0. The molecule has 1 heterocycles. The van der Waals surface area contributed by atoms with E-state index in [1.807, 2.05) is 13.8 Å². The van der Waals surface area contributed by atoms with Gasteiger partial charge in [-0.25, -0.2) is 0 Å². The van der Waals surface area contributed by atoms with Crippen LogP contribution in [0.1, 0.15) is 26.4 Å². The zero-order valence-corrected chi connectivity index (χ0v) is 13.9. The molecule has 0 spiro atoms. The fourth-order valence-electron chi connectivity index (χ4n) is 1.71. The van der Waals surface area contributed by atoms with Gasteiger partial charge in [-0.05, 0) is 37.6 Å². The minimum Gasteiger partial charge on any atom is -0.312 e. The molecule has 0 fully saturated rings. The summed E-state index contributed by atoms with van der Waals surface area (Å²) in [4.78, 5) is 13.2. The molecular weight excluding hydrogens is 360 g/mol. The number of hydrogen-bond acceptors (Lipinski definition) is 3. The van der Waals surface area contributed by atoms with Gasteiger partial charge in [0.2, 0.25) is 0 Å². The molecule has 1 N–H and O–H groups in total. The smallest absolute Gasteiger partial charge is 0.256 e. The summed E-state index contributed by atoms with van der Waals surface area (Å²) in [6.07, 6.45) is 0. The molecule has 0 saturated heterocycles. The Kier molecular flexibility index (Phi) is 4.48. The molecule has 2 rings (SSSR count). The molecule has 0 aliphatic carbocycles.